The van der Waals surface area contributed by atoms with Gasteiger partial charge in [0.2, 0.25) is 0 Å². The molecule has 0 saturated carbocycles. The molecule has 0 radical (unpaired) electrons. The highest BCUT2D eigenvalue weighted by Gasteiger charge is 2.20. The van der Waals surface area contributed by atoms with Gasteiger partial charge in [0.15, 0.2) is 9.84 Å². The first-order valence-electron chi connectivity index (χ1n) is 10.3. The summed E-state index contributed by atoms with van der Waals surface area (Å²) in [6.07, 6.45) is 2.46. The van der Waals surface area contributed by atoms with E-state index in [9.17, 15) is 33.2 Å². The molecule has 0 aliphatic rings. The highest BCUT2D eigenvalue weighted by atomic mass is 32.2. The third-order valence-electron chi connectivity index (χ3n) is 4.81. The largest absolute Gasteiger partial charge is 0.478 e. The lowest BCUT2D eigenvalue weighted by atomic mass is 9.95. The Balaban J connectivity index is 2.22. The van der Waals surface area contributed by atoms with Gasteiger partial charge in [-0.1, -0.05) is 48.9 Å². The summed E-state index contributed by atoms with van der Waals surface area (Å²) in [7, 11) is -3.45. The van der Waals surface area contributed by atoms with Crippen molar-refractivity contribution in [2.45, 2.75) is 30.6 Å². The van der Waals surface area contributed by atoms with Crippen LogP contribution in [0, 0.1) is 10.1 Å². The molecule has 0 aliphatic carbocycles. The minimum atomic E-state index is -3.45. The van der Waals surface area contributed by atoms with E-state index in [0.29, 0.717) is 30.4 Å². The van der Waals surface area contributed by atoms with Crippen molar-refractivity contribution in [3.05, 3.63) is 75.8 Å². The molecule has 0 spiro atoms. The van der Waals surface area contributed by atoms with Crippen LogP contribution in [0.15, 0.2) is 59.5 Å². The zero-order chi connectivity index (χ0) is 25.1. The van der Waals surface area contributed by atoms with Crippen LogP contribution in [-0.2, 0) is 29.0 Å². The van der Waals surface area contributed by atoms with E-state index in [2.05, 4.69) is 4.84 Å². The molecule has 0 aliphatic heterocycles. The molecule has 0 unspecified atom stereocenters. The number of hydrogen-bond acceptors (Lipinski definition) is 8. The maximum atomic E-state index is 12.2. The van der Waals surface area contributed by atoms with Crippen LogP contribution in [-0.4, -0.2) is 50.0 Å². The summed E-state index contributed by atoms with van der Waals surface area (Å²) < 4.78 is 28.9. The van der Waals surface area contributed by atoms with Crippen molar-refractivity contribution in [1.82, 2.24) is 0 Å². The number of rotatable bonds is 13. The van der Waals surface area contributed by atoms with Crippen molar-refractivity contribution in [1.29, 1.82) is 0 Å². The molecule has 0 heterocycles. The number of esters is 1. The first-order valence-corrected chi connectivity index (χ1v) is 12.2. The van der Waals surface area contributed by atoms with E-state index in [1.165, 1.54) is 24.3 Å². The second-order valence-electron chi connectivity index (χ2n) is 7.35. The Morgan fingerprint density at radius 1 is 0.971 bits per heavy atom. The van der Waals surface area contributed by atoms with Crippen LogP contribution >= 0.6 is 0 Å². The maximum absolute atomic E-state index is 12.2. The van der Waals surface area contributed by atoms with E-state index < -0.39 is 26.9 Å². The third-order valence-corrected chi connectivity index (χ3v) is 5.94. The maximum Gasteiger partial charge on any atom is 0.336 e. The molecular formula is C23H25NO9S. The number of aliphatic carboxylic acids is 1. The number of unbranched alkanes of at least 4 members (excludes halogenated alkanes) is 2. The number of sulfone groups is 1. The van der Waals surface area contributed by atoms with E-state index >= 15 is 0 Å². The van der Waals surface area contributed by atoms with Gasteiger partial charge in [-0.05, 0) is 36.1 Å². The van der Waals surface area contributed by atoms with Crippen molar-refractivity contribution >= 4 is 32.9 Å². The van der Waals surface area contributed by atoms with Crippen molar-refractivity contribution in [3.8, 4) is 0 Å². The molecule has 11 heteroatoms. The van der Waals surface area contributed by atoms with Crippen LogP contribution in [0.1, 0.15) is 36.8 Å². The van der Waals surface area contributed by atoms with Crippen LogP contribution in [0.3, 0.4) is 0 Å². The van der Waals surface area contributed by atoms with Crippen LogP contribution in [0.5, 0.6) is 0 Å². The number of nitrogens with zero attached hydrogens (tertiary/aromatic N) is 1. The normalized spacial score (nSPS) is 11.9. The van der Waals surface area contributed by atoms with Crippen LogP contribution in [0.2, 0.25) is 0 Å². The quantitative estimate of drug-likeness (QED) is 0.111. The monoisotopic (exact) mass is 491 g/mol. The first kappa shape index (κ1) is 26.5. The number of carbonyl (C=O) groups is 2. The molecule has 0 amide bonds. The summed E-state index contributed by atoms with van der Waals surface area (Å²) in [5.74, 6) is -1.78. The molecule has 1 N–H and O–H groups in total. The fraction of sp³-hybridized carbons (Fsp3) is 0.304. The lowest BCUT2D eigenvalue weighted by Crippen LogP contribution is -2.12. The van der Waals surface area contributed by atoms with E-state index in [1.807, 2.05) is 0 Å². The van der Waals surface area contributed by atoms with Crippen molar-refractivity contribution < 1.29 is 37.8 Å². The lowest BCUT2D eigenvalue weighted by Gasteiger charge is -2.15. The van der Waals surface area contributed by atoms with Gasteiger partial charge in [-0.25, -0.2) is 13.2 Å². The minimum Gasteiger partial charge on any atom is -0.478 e. The van der Waals surface area contributed by atoms with E-state index in [1.54, 1.807) is 30.3 Å². The molecule has 182 valence electrons. The smallest absolute Gasteiger partial charge is 0.336 e. The molecule has 10 nitrogen and oxygen atoms in total. The summed E-state index contributed by atoms with van der Waals surface area (Å²) in [6, 6.07) is 14.0. The molecule has 0 fully saturated rings. The van der Waals surface area contributed by atoms with E-state index in [0.717, 1.165) is 6.26 Å². The number of benzene rings is 2. The van der Waals surface area contributed by atoms with Gasteiger partial charge in [-0.2, -0.15) is 0 Å². The number of carbonyl (C=O) groups excluding carboxylic acids is 1. The SMILES string of the molecule is CS(=O)(=O)c1ccc(/C(COC(=O)CCCCCO[N+](=O)[O-])=C(/C(=O)O)c2ccccc2)cc1. The van der Waals surface area contributed by atoms with Gasteiger partial charge in [0.25, 0.3) is 5.09 Å². The molecule has 0 bridgehead atoms. The van der Waals surface area contributed by atoms with Crippen molar-refractivity contribution in [2.24, 2.45) is 0 Å². The number of carboxylic acids is 1. The zero-order valence-electron chi connectivity index (χ0n) is 18.5. The predicted octanol–water partition coefficient (Wildman–Crippen LogP) is 3.40. The Labute approximate surface area is 196 Å². The Kier molecular flexibility index (Phi) is 9.75. The second-order valence-corrected chi connectivity index (χ2v) is 9.37. The first-order chi connectivity index (χ1) is 16.1. The Hall–Kier alpha value is -3.73. The summed E-state index contributed by atoms with van der Waals surface area (Å²) >= 11 is 0. The summed E-state index contributed by atoms with van der Waals surface area (Å²) in [4.78, 5) is 38.8. The zero-order valence-corrected chi connectivity index (χ0v) is 19.3. The molecule has 0 atom stereocenters. The third kappa shape index (κ3) is 8.32. The van der Waals surface area contributed by atoms with Gasteiger partial charge in [0.1, 0.15) is 6.61 Å². The number of carboxylic acid groups (broad SMARTS) is 1. The molecule has 34 heavy (non-hydrogen) atoms. The lowest BCUT2D eigenvalue weighted by molar-refractivity contribution is -0.757. The average molecular weight is 492 g/mol. The van der Waals surface area contributed by atoms with Gasteiger partial charge >= 0.3 is 11.9 Å². The predicted molar refractivity (Wildman–Crippen MR) is 123 cm³/mol. The minimum absolute atomic E-state index is 0.0481. The molecular weight excluding hydrogens is 466 g/mol. The Morgan fingerprint density at radius 2 is 1.62 bits per heavy atom. The molecule has 0 saturated heterocycles. The summed E-state index contributed by atoms with van der Waals surface area (Å²) in [6.45, 7) is -0.393. The topological polar surface area (TPSA) is 150 Å². The van der Waals surface area contributed by atoms with Gasteiger partial charge in [-0.15, -0.1) is 10.1 Å². The van der Waals surface area contributed by atoms with E-state index in [-0.39, 0.29) is 35.7 Å². The standard InChI is InChI=1S/C23H25NO9S/c1-34(30,31)19-13-11-17(12-14-19)20(22(23(26)27)18-8-4-2-5-9-18)16-32-21(25)10-6-3-7-15-33-24(28)29/h2,4-5,8-9,11-14H,3,6-7,10,15-16H2,1H3,(H,26,27)/b22-20+. The van der Waals surface area contributed by atoms with Gasteiger partial charge < -0.3 is 14.7 Å². The van der Waals surface area contributed by atoms with E-state index in [4.69, 9.17) is 4.74 Å². The average Bonchev–Trinajstić information content (AvgIpc) is 2.78. The van der Waals surface area contributed by atoms with Crippen LogP contribution in [0.25, 0.3) is 11.1 Å². The van der Waals surface area contributed by atoms with Gasteiger partial charge in [0, 0.05) is 18.2 Å². The number of hydrogen-bond donors (Lipinski definition) is 1. The fourth-order valence-electron chi connectivity index (χ4n) is 3.15. The summed E-state index contributed by atoms with van der Waals surface area (Å²) in [5, 5.41) is 19.2. The number of ether oxygens (including phenoxy) is 1. The van der Waals surface area contributed by atoms with Crippen LogP contribution in [0.4, 0.5) is 0 Å². The molecule has 0 aromatic heterocycles. The highest BCUT2D eigenvalue weighted by molar-refractivity contribution is 7.90. The highest BCUT2D eigenvalue weighted by Crippen LogP contribution is 2.28. The van der Waals surface area contributed by atoms with Gasteiger partial charge in [-0.3, -0.25) is 4.79 Å². The Bertz CT molecular complexity index is 1140. The summed E-state index contributed by atoms with van der Waals surface area (Å²) in [5.41, 5.74) is 0.946. The molecule has 2 rings (SSSR count). The molecule has 2 aromatic rings. The Morgan fingerprint density at radius 3 is 2.18 bits per heavy atom. The van der Waals surface area contributed by atoms with Gasteiger partial charge in [0.05, 0.1) is 17.1 Å². The van der Waals surface area contributed by atoms with Crippen LogP contribution < -0.4 is 0 Å². The van der Waals surface area contributed by atoms with Crippen molar-refractivity contribution in [3.63, 3.8) is 0 Å². The second kappa shape index (κ2) is 12.5. The molecule has 2 aromatic carbocycles. The van der Waals surface area contributed by atoms with Crippen molar-refractivity contribution in [2.75, 3.05) is 19.5 Å². The fourth-order valence-corrected chi connectivity index (χ4v) is 3.78.